The van der Waals surface area contributed by atoms with Crippen molar-refractivity contribution in [3.05, 3.63) is 36.9 Å². The maximum Gasteiger partial charge on any atom is 0.228 e. The summed E-state index contributed by atoms with van der Waals surface area (Å²) in [6.07, 6.45) is 8.63. The van der Waals surface area contributed by atoms with Crippen LogP contribution in [0.25, 0.3) is 22.0 Å². The monoisotopic (exact) mass is 351 g/mol. The molecular formula is C19H22N6O. The lowest BCUT2D eigenvalue weighted by Crippen LogP contribution is -2.36. The first kappa shape index (κ1) is 15.5. The summed E-state index contributed by atoms with van der Waals surface area (Å²) in [5.41, 5.74) is 1.62. The lowest BCUT2D eigenvalue weighted by atomic mass is 9.96. The number of carbonyl (C=O) groups excluding carboxylic acids is 1. The van der Waals surface area contributed by atoms with E-state index in [-0.39, 0.29) is 17.9 Å². The zero-order chi connectivity index (χ0) is 19.0. The van der Waals surface area contributed by atoms with Gasteiger partial charge in [-0.1, -0.05) is 0 Å². The Hall–Kier alpha value is -2.80. The molecule has 7 nitrogen and oxygen atoms in total. The fourth-order valence-corrected chi connectivity index (χ4v) is 3.24. The number of carbonyl (C=O) groups is 1. The standard InChI is InChI=1S/C19H22N6O/c1-24-5-3-13(4-6-24)19(26)23-18-8-14-7-17(16-11-22-25(2)12-16)20-9-15(14)10-21-18/h7-13H,3-6H2,1-2H3,(H,21,23,26)/i8D. The zero-order valence-corrected chi connectivity index (χ0v) is 14.9. The predicted molar refractivity (Wildman–Crippen MR) is 101 cm³/mol. The maximum atomic E-state index is 12.6. The van der Waals surface area contributed by atoms with Crippen molar-refractivity contribution in [3.8, 4) is 11.3 Å². The number of hydrogen-bond acceptors (Lipinski definition) is 5. The number of nitrogens with one attached hydrogen (secondary N) is 1. The molecule has 26 heavy (non-hydrogen) atoms. The lowest BCUT2D eigenvalue weighted by Gasteiger charge is -2.27. The highest BCUT2D eigenvalue weighted by atomic mass is 16.1. The van der Waals surface area contributed by atoms with E-state index in [1.54, 1.807) is 23.3 Å². The molecule has 1 saturated heterocycles. The van der Waals surface area contributed by atoms with Crippen LogP contribution >= 0.6 is 0 Å². The summed E-state index contributed by atoms with van der Waals surface area (Å²) in [6.45, 7) is 1.83. The third-order valence-electron chi connectivity index (χ3n) is 4.85. The Kier molecular flexibility index (Phi) is 4.06. The van der Waals surface area contributed by atoms with Crippen LogP contribution in [0.1, 0.15) is 14.2 Å². The number of rotatable bonds is 3. The van der Waals surface area contributed by atoms with Crippen LogP contribution in [0.2, 0.25) is 0 Å². The molecule has 1 amide bonds. The van der Waals surface area contributed by atoms with Crippen molar-refractivity contribution in [2.75, 3.05) is 25.5 Å². The van der Waals surface area contributed by atoms with Crippen molar-refractivity contribution >= 4 is 22.5 Å². The van der Waals surface area contributed by atoms with Crippen molar-refractivity contribution in [2.45, 2.75) is 12.8 Å². The Morgan fingerprint density at radius 1 is 1.19 bits per heavy atom. The first-order valence-corrected chi connectivity index (χ1v) is 8.75. The van der Waals surface area contributed by atoms with Crippen LogP contribution < -0.4 is 5.32 Å². The van der Waals surface area contributed by atoms with Crippen molar-refractivity contribution in [3.63, 3.8) is 0 Å². The fraction of sp³-hybridized carbons (Fsp3) is 0.368. The van der Waals surface area contributed by atoms with Gasteiger partial charge >= 0.3 is 0 Å². The molecule has 0 spiro atoms. The summed E-state index contributed by atoms with van der Waals surface area (Å²) in [7, 11) is 3.91. The van der Waals surface area contributed by atoms with Crippen LogP contribution in [0.4, 0.5) is 5.82 Å². The molecule has 7 heteroatoms. The molecule has 0 radical (unpaired) electrons. The summed E-state index contributed by atoms with van der Waals surface area (Å²) >= 11 is 0. The summed E-state index contributed by atoms with van der Waals surface area (Å²) in [4.78, 5) is 23.5. The van der Waals surface area contributed by atoms with Crippen LogP contribution in [0, 0.1) is 5.92 Å². The van der Waals surface area contributed by atoms with E-state index in [0.717, 1.165) is 42.6 Å². The van der Waals surface area contributed by atoms with Gasteiger partial charge < -0.3 is 10.2 Å². The minimum atomic E-state index is -0.0509. The molecule has 1 fully saturated rings. The molecule has 0 unspecified atom stereocenters. The molecule has 134 valence electrons. The Morgan fingerprint density at radius 3 is 2.69 bits per heavy atom. The highest BCUT2D eigenvalue weighted by Gasteiger charge is 2.23. The Labute approximate surface area is 153 Å². The second kappa shape index (κ2) is 6.84. The van der Waals surface area contributed by atoms with Crippen molar-refractivity contribution < 1.29 is 6.17 Å². The average Bonchev–Trinajstić information content (AvgIpc) is 3.11. The second-order valence-corrected chi connectivity index (χ2v) is 6.86. The van der Waals surface area contributed by atoms with Gasteiger partial charge in [0.2, 0.25) is 5.91 Å². The third-order valence-corrected chi connectivity index (χ3v) is 4.85. The summed E-state index contributed by atoms with van der Waals surface area (Å²) in [5, 5.41) is 8.50. The number of pyridine rings is 2. The normalized spacial score (nSPS) is 16.6. The van der Waals surface area contributed by atoms with Gasteiger partial charge in [0.25, 0.3) is 0 Å². The van der Waals surface area contributed by atoms with Crippen LogP contribution in [-0.4, -0.2) is 50.7 Å². The maximum absolute atomic E-state index is 12.6. The van der Waals surface area contributed by atoms with Crippen molar-refractivity contribution in [2.24, 2.45) is 13.0 Å². The number of anilines is 1. The van der Waals surface area contributed by atoms with E-state index in [1.165, 1.54) is 0 Å². The van der Waals surface area contributed by atoms with Crippen LogP contribution in [-0.2, 0) is 11.8 Å². The van der Waals surface area contributed by atoms with Crippen molar-refractivity contribution in [1.82, 2.24) is 24.6 Å². The molecule has 3 aromatic rings. The second-order valence-electron chi connectivity index (χ2n) is 6.86. The lowest BCUT2D eigenvalue weighted by molar-refractivity contribution is -0.121. The quantitative estimate of drug-likeness (QED) is 0.784. The van der Waals surface area contributed by atoms with Gasteiger partial charge in [-0.25, -0.2) is 4.98 Å². The van der Waals surface area contributed by atoms with E-state index in [0.29, 0.717) is 11.2 Å². The number of aryl methyl sites for hydroxylation is 1. The number of nitrogens with zero attached hydrogens (tertiary/aromatic N) is 5. The minimum Gasteiger partial charge on any atom is -0.310 e. The molecule has 4 rings (SSSR count). The Morgan fingerprint density at radius 2 is 1.96 bits per heavy atom. The smallest absolute Gasteiger partial charge is 0.228 e. The highest BCUT2D eigenvalue weighted by molar-refractivity contribution is 5.94. The number of aromatic nitrogens is 4. The summed E-state index contributed by atoms with van der Waals surface area (Å²) < 4.78 is 10.2. The Balaban J connectivity index is 1.61. The van der Waals surface area contributed by atoms with Gasteiger partial charge in [0.05, 0.1) is 13.3 Å². The van der Waals surface area contributed by atoms with Gasteiger partial charge in [-0.15, -0.1) is 0 Å². The fourth-order valence-electron chi connectivity index (χ4n) is 3.24. The number of hydrogen-bond donors (Lipinski definition) is 1. The zero-order valence-electron chi connectivity index (χ0n) is 15.9. The Bertz CT molecular complexity index is 993. The largest absolute Gasteiger partial charge is 0.310 e. The van der Waals surface area contributed by atoms with Gasteiger partial charge in [0, 0.05) is 42.5 Å². The number of amides is 1. The summed E-state index contributed by atoms with van der Waals surface area (Å²) in [6, 6.07) is 2.06. The molecular weight excluding hydrogens is 328 g/mol. The van der Waals surface area contributed by atoms with E-state index < -0.39 is 0 Å². The highest BCUT2D eigenvalue weighted by Crippen LogP contribution is 2.24. The van der Waals surface area contributed by atoms with E-state index in [4.69, 9.17) is 1.37 Å². The van der Waals surface area contributed by atoms with E-state index >= 15 is 0 Å². The van der Waals surface area contributed by atoms with Gasteiger partial charge in [0.1, 0.15) is 5.82 Å². The topological polar surface area (TPSA) is 75.9 Å². The van der Waals surface area contributed by atoms with Crippen molar-refractivity contribution in [1.29, 1.82) is 0 Å². The van der Waals surface area contributed by atoms with E-state index in [9.17, 15) is 4.79 Å². The SMILES string of the molecule is [2H]c1c(NC(=O)C2CCN(C)CC2)ncc2cnc(-c3cnn(C)c3)cc12. The molecule has 0 aromatic carbocycles. The predicted octanol–water partition coefficient (Wildman–Crippen LogP) is 2.31. The van der Waals surface area contributed by atoms with Crippen LogP contribution in [0.5, 0.6) is 0 Å². The minimum absolute atomic E-state index is 0.0264. The molecule has 0 atom stereocenters. The average molecular weight is 351 g/mol. The van der Waals surface area contributed by atoms with Gasteiger partial charge in [-0.3, -0.25) is 14.5 Å². The third kappa shape index (κ3) is 3.43. The van der Waals surface area contributed by atoms with E-state index in [1.807, 2.05) is 19.3 Å². The molecule has 0 saturated carbocycles. The number of piperidine rings is 1. The summed E-state index contributed by atoms with van der Waals surface area (Å²) in [5.74, 6) is 0.223. The first-order chi connectivity index (χ1) is 13.0. The van der Waals surface area contributed by atoms with Crippen LogP contribution in [0.3, 0.4) is 0 Å². The van der Waals surface area contributed by atoms with Crippen LogP contribution in [0.15, 0.2) is 36.9 Å². The molecule has 0 bridgehead atoms. The molecule has 3 aromatic heterocycles. The van der Waals surface area contributed by atoms with E-state index in [2.05, 4.69) is 32.3 Å². The molecule has 1 aliphatic heterocycles. The van der Waals surface area contributed by atoms with Gasteiger partial charge in [-0.2, -0.15) is 5.10 Å². The van der Waals surface area contributed by atoms with Gasteiger partial charge in [-0.05, 0) is 50.5 Å². The first-order valence-electron chi connectivity index (χ1n) is 9.25. The molecule has 0 aliphatic carbocycles. The molecule has 1 aliphatic rings. The number of fused-ring (bicyclic) bond motifs is 1. The van der Waals surface area contributed by atoms with Gasteiger partial charge in [0.15, 0.2) is 0 Å². The molecule has 1 N–H and O–H groups in total. The molecule has 4 heterocycles. The number of likely N-dealkylation sites (tertiary alicyclic amines) is 1.